The Balaban J connectivity index is 2.99. The fourth-order valence-electron chi connectivity index (χ4n) is 3.01. The summed E-state index contributed by atoms with van der Waals surface area (Å²) in [5, 5.41) is 11.3. The van der Waals surface area contributed by atoms with E-state index in [0.29, 0.717) is 6.07 Å². The molecular weight excluding hydrogens is 474 g/mol. The number of carboxylic acid groups (broad SMARTS) is 1. The van der Waals surface area contributed by atoms with Crippen LogP contribution in [-0.2, 0) is 19.6 Å². The summed E-state index contributed by atoms with van der Waals surface area (Å²) in [6, 6.07) is 2.83. The van der Waals surface area contributed by atoms with E-state index in [1.54, 1.807) is 0 Å². The van der Waals surface area contributed by atoms with Crippen molar-refractivity contribution in [2.45, 2.75) is 44.9 Å². The van der Waals surface area contributed by atoms with Crippen molar-refractivity contribution in [3.63, 3.8) is 0 Å². The molecule has 2 N–H and O–H groups in total. The first-order valence-electron chi connectivity index (χ1n) is 9.30. The van der Waals surface area contributed by atoms with Gasteiger partial charge >= 0.3 is 21.6 Å². The Morgan fingerprint density at radius 2 is 1.70 bits per heavy atom. The summed E-state index contributed by atoms with van der Waals surface area (Å²) in [7, 11) is -5.05. The van der Waals surface area contributed by atoms with E-state index in [4.69, 9.17) is 4.74 Å². The molecule has 0 saturated carbocycles. The van der Waals surface area contributed by atoms with E-state index in [2.05, 4.69) is 9.50 Å². The SMILES string of the molecule is CNC(=O)c1cc2cc(C)c(C(OC(C)(C)C)C(=O)O)c(OS(=O)(=O)C(F)(F)F)c2cc1F. The van der Waals surface area contributed by atoms with Gasteiger partial charge in [-0.05, 0) is 50.8 Å². The number of aliphatic carboxylic acids is 1. The lowest BCUT2D eigenvalue weighted by Crippen LogP contribution is -2.31. The normalized spacial score (nSPS) is 13.6. The minimum absolute atomic E-state index is 0.0269. The smallest absolute Gasteiger partial charge is 0.479 e. The zero-order valence-corrected chi connectivity index (χ0v) is 18.9. The molecule has 1 amide bonds. The third-order valence-electron chi connectivity index (χ3n) is 4.33. The third-order valence-corrected chi connectivity index (χ3v) is 5.28. The van der Waals surface area contributed by atoms with Crippen LogP contribution >= 0.6 is 0 Å². The summed E-state index contributed by atoms with van der Waals surface area (Å²) in [6.45, 7) is 5.71. The molecule has 0 heterocycles. The van der Waals surface area contributed by atoms with Gasteiger partial charge in [-0.25, -0.2) is 9.18 Å². The van der Waals surface area contributed by atoms with Crippen molar-refractivity contribution in [3.05, 3.63) is 40.7 Å². The fraction of sp³-hybridized carbons (Fsp3) is 0.400. The zero-order chi connectivity index (χ0) is 25.5. The largest absolute Gasteiger partial charge is 0.534 e. The lowest BCUT2D eigenvalue weighted by molar-refractivity contribution is -0.160. The van der Waals surface area contributed by atoms with E-state index in [-0.39, 0.29) is 10.9 Å². The second-order valence-electron chi connectivity index (χ2n) is 8.00. The van der Waals surface area contributed by atoms with Gasteiger partial charge in [-0.15, -0.1) is 0 Å². The number of fused-ring (bicyclic) bond motifs is 1. The van der Waals surface area contributed by atoms with Gasteiger partial charge in [0.25, 0.3) is 5.91 Å². The first-order valence-corrected chi connectivity index (χ1v) is 10.7. The molecule has 0 radical (unpaired) electrons. The molecule has 0 fully saturated rings. The Kier molecular flexibility index (Phi) is 7.01. The zero-order valence-electron chi connectivity index (χ0n) is 18.1. The van der Waals surface area contributed by atoms with Crippen molar-refractivity contribution in [2.24, 2.45) is 0 Å². The summed E-state index contributed by atoms with van der Waals surface area (Å²) < 4.78 is 87.3. The number of benzene rings is 2. The number of nitrogens with one attached hydrogen (secondary N) is 1. The van der Waals surface area contributed by atoms with E-state index < -0.39 is 67.3 Å². The lowest BCUT2D eigenvalue weighted by Gasteiger charge is -2.28. The second kappa shape index (κ2) is 8.78. The summed E-state index contributed by atoms with van der Waals surface area (Å²) >= 11 is 0. The molecule has 2 aromatic rings. The van der Waals surface area contributed by atoms with Gasteiger partial charge in [0, 0.05) is 18.0 Å². The van der Waals surface area contributed by atoms with E-state index >= 15 is 0 Å². The Morgan fingerprint density at radius 3 is 2.15 bits per heavy atom. The van der Waals surface area contributed by atoms with E-state index in [9.17, 15) is 40.7 Å². The molecule has 0 bridgehead atoms. The number of hydrogen-bond acceptors (Lipinski definition) is 6. The van der Waals surface area contributed by atoms with Crippen LogP contribution in [0.25, 0.3) is 10.8 Å². The molecule has 0 aliphatic rings. The molecule has 0 spiro atoms. The number of aryl methyl sites for hydroxylation is 1. The summed E-state index contributed by atoms with van der Waals surface area (Å²) in [6.07, 6.45) is -1.96. The highest BCUT2D eigenvalue weighted by Gasteiger charge is 2.49. The topological polar surface area (TPSA) is 119 Å². The van der Waals surface area contributed by atoms with Crippen LogP contribution in [0.1, 0.15) is 48.4 Å². The fourth-order valence-corrected chi connectivity index (χ4v) is 3.50. The molecule has 0 aliphatic carbocycles. The molecule has 2 aromatic carbocycles. The maximum atomic E-state index is 14.6. The number of amides is 1. The number of rotatable bonds is 6. The number of carboxylic acids is 1. The number of carbonyl (C=O) groups is 2. The lowest BCUT2D eigenvalue weighted by atomic mass is 9.94. The molecule has 13 heteroatoms. The number of hydrogen-bond donors (Lipinski definition) is 2. The van der Waals surface area contributed by atoms with Gasteiger partial charge in [0.1, 0.15) is 5.82 Å². The highest BCUT2D eigenvalue weighted by Crippen LogP contribution is 2.42. The Bertz CT molecular complexity index is 1220. The van der Waals surface area contributed by atoms with Gasteiger partial charge in [0.05, 0.1) is 11.2 Å². The molecule has 0 aromatic heterocycles. The molecular formula is C20H21F4NO7S. The molecule has 33 heavy (non-hydrogen) atoms. The average Bonchev–Trinajstić information content (AvgIpc) is 2.64. The van der Waals surface area contributed by atoms with Crippen LogP contribution in [0.3, 0.4) is 0 Å². The summed E-state index contributed by atoms with van der Waals surface area (Å²) in [4.78, 5) is 23.9. The monoisotopic (exact) mass is 495 g/mol. The van der Waals surface area contributed by atoms with Crippen LogP contribution in [0, 0.1) is 12.7 Å². The van der Waals surface area contributed by atoms with Gasteiger partial charge in [0.15, 0.2) is 11.9 Å². The molecule has 182 valence electrons. The van der Waals surface area contributed by atoms with Gasteiger partial charge in [0.2, 0.25) is 0 Å². The first kappa shape index (κ1) is 26.3. The Morgan fingerprint density at radius 1 is 1.12 bits per heavy atom. The van der Waals surface area contributed by atoms with Gasteiger partial charge < -0.3 is 19.3 Å². The van der Waals surface area contributed by atoms with Gasteiger partial charge in [-0.1, -0.05) is 6.07 Å². The van der Waals surface area contributed by atoms with E-state index in [1.165, 1.54) is 40.8 Å². The van der Waals surface area contributed by atoms with Crippen LogP contribution in [0.4, 0.5) is 17.6 Å². The average molecular weight is 495 g/mol. The molecule has 8 nitrogen and oxygen atoms in total. The van der Waals surface area contributed by atoms with E-state index in [0.717, 1.165) is 6.07 Å². The van der Waals surface area contributed by atoms with Crippen molar-refractivity contribution >= 4 is 32.8 Å². The minimum atomic E-state index is -6.28. The third kappa shape index (κ3) is 5.53. The Hall–Kier alpha value is -2.93. The summed E-state index contributed by atoms with van der Waals surface area (Å²) in [5.74, 6) is -4.76. The number of halogens is 4. The minimum Gasteiger partial charge on any atom is -0.479 e. The van der Waals surface area contributed by atoms with E-state index in [1.807, 2.05) is 0 Å². The maximum absolute atomic E-state index is 14.6. The van der Waals surface area contributed by atoms with Crippen LogP contribution in [-0.4, -0.2) is 43.6 Å². The molecule has 1 unspecified atom stereocenters. The predicted molar refractivity (Wildman–Crippen MR) is 109 cm³/mol. The van der Waals surface area contributed by atoms with Crippen LogP contribution in [0.15, 0.2) is 18.2 Å². The molecule has 1 atom stereocenters. The second-order valence-corrected chi connectivity index (χ2v) is 9.54. The molecule has 0 saturated heterocycles. The van der Waals surface area contributed by atoms with Crippen molar-refractivity contribution in [1.82, 2.24) is 5.32 Å². The first-order chi connectivity index (χ1) is 14.9. The maximum Gasteiger partial charge on any atom is 0.534 e. The standard InChI is InChI=1S/C20H21F4NO7S/c1-9-6-10-7-12(17(26)25-5)13(21)8-11(10)15(32-33(29,30)20(22,23)24)14(9)16(18(27)28)31-19(2,3)4/h6-8,16H,1-5H3,(H,25,26)(H,27,28). The van der Waals surface area contributed by atoms with Gasteiger partial charge in [-0.2, -0.15) is 21.6 Å². The highest BCUT2D eigenvalue weighted by atomic mass is 32.2. The predicted octanol–water partition coefficient (Wildman–Crippen LogP) is 3.82. The summed E-state index contributed by atoms with van der Waals surface area (Å²) in [5.41, 5.74) is -8.03. The number of carbonyl (C=O) groups excluding carboxylic acids is 1. The van der Waals surface area contributed by atoms with Crippen molar-refractivity contribution < 1.29 is 49.6 Å². The molecule has 0 aliphatic heterocycles. The van der Waals surface area contributed by atoms with Crippen LogP contribution in [0.5, 0.6) is 5.75 Å². The van der Waals surface area contributed by atoms with Crippen molar-refractivity contribution in [2.75, 3.05) is 7.05 Å². The van der Waals surface area contributed by atoms with Crippen LogP contribution < -0.4 is 9.50 Å². The van der Waals surface area contributed by atoms with Crippen molar-refractivity contribution in [1.29, 1.82) is 0 Å². The molecule has 2 rings (SSSR count). The van der Waals surface area contributed by atoms with Crippen LogP contribution in [0.2, 0.25) is 0 Å². The van der Waals surface area contributed by atoms with Gasteiger partial charge in [-0.3, -0.25) is 4.79 Å². The quantitative estimate of drug-likeness (QED) is 0.355. The number of alkyl halides is 3. The number of ether oxygens (including phenoxy) is 1. The van der Waals surface area contributed by atoms with Crippen molar-refractivity contribution in [3.8, 4) is 5.75 Å². The Labute approximate surface area is 186 Å². The highest BCUT2D eigenvalue weighted by molar-refractivity contribution is 7.88.